The molecule has 1 aromatic rings. The Morgan fingerprint density at radius 2 is 2.20 bits per heavy atom. The van der Waals surface area contributed by atoms with Crippen molar-refractivity contribution in [2.24, 2.45) is 5.92 Å². The molecule has 0 aromatic heterocycles. The molecule has 108 valence electrons. The monoisotopic (exact) mass is 275 g/mol. The largest absolute Gasteiger partial charge is 0.384 e. The number of rotatable bonds is 2. The molecule has 1 aliphatic rings. The predicted molar refractivity (Wildman–Crippen MR) is 78.6 cm³/mol. The summed E-state index contributed by atoms with van der Waals surface area (Å²) >= 11 is 0. The SMILES string of the molecule is CC1CCCN(Cc2ccc(F)c(C#CCO)c2)C1C. The van der Waals surface area contributed by atoms with Crippen molar-refractivity contribution in [1.29, 1.82) is 0 Å². The van der Waals surface area contributed by atoms with Gasteiger partial charge in [-0.1, -0.05) is 24.8 Å². The minimum Gasteiger partial charge on any atom is -0.384 e. The first kappa shape index (κ1) is 15.0. The summed E-state index contributed by atoms with van der Waals surface area (Å²) in [5.74, 6) is 5.55. The van der Waals surface area contributed by atoms with Gasteiger partial charge >= 0.3 is 0 Å². The highest BCUT2D eigenvalue weighted by molar-refractivity contribution is 5.38. The zero-order valence-electron chi connectivity index (χ0n) is 12.2. The van der Waals surface area contributed by atoms with E-state index in [0.29, 0.717) is 17.5 Å². The summed E-state index contributed by atoms with van der Waals surface area (Å²) in [7, 11) is 0. The molecule has 0 bridgehead atoms. The van der Waals surface area contributed by atoms with E-state index in [1.807, 2.05) is 6.07 Å². The van der Waals surface area contributed by atoms with E-state index >= 15 is 0 Å². The average Bonchev–Trinajstić information content (AvgIpc) is 2.44. The van der Waals surface area contributed by atoms with Crippen molar-refractivity contribution in [3.8, 4) is 11.8 Å². The Morgan fingerprint density at radius 1 is 1.40 bits per heavy atom. The summed E-state index contributed by atoms with van der Waals surface area (Å²) in [4.78, 5) is 2.45. The topological polar surface area (TPSA) is 23.5 Å². The highest BCUT2D eigenvalue weighted by Gasteiger charge is 2.24. The van der Waals surface area contributed by atoms with Gasteiger partial charge in [0.1, 0.15) is 12.4 Å². The molecule has 0 radical (unpaired) electrons. The molecule has 0 aliphatic carbocycles. The fraction of sp³-hybridized carbons (Fsp3) is 0.529. The number of nitrogens with zero attached hydrogens (tertiary/aromatic N) is 1. The summed E-state index contributed by atoms with van der Waals surface area (Å²) in [5.41, 5.74) is 1.45. The number of hydrogen-bond donors (Lipinski definition) is 1. The van der Waals surface area contributed by atoms with Gasteiger partial charge in [0.25, 0.3) is 0 Å². The van der Waals surface area contributed by atoms with E-state index in [9.17, 15) is 4.39 Å². The number of likely N-dealkylation sites (tertiary alicyclic amines) is 1. The minimum atomic E-state index is -0.324. The van der Waals surface area contributed by atoms with Crippen LogP contribution in [0.15, 0.2) is 18.2 Å². The van der Waals surface area contributed by atoms with Crippen molar-refractivity contribution in [3.63, 3.8) is 0 Å². The van der Waals surface area contributed by atoms with Crippen molar-refractivity contribution in [2.75, 3.05) is 13.2 Å². The van der Waals surface area contributed by atoms with E-state index in [1.165, 1.54) is 18.9 Å². The molecule has 1 fully saturated rings. The van der Waals surface area contributed by atoms with Crippen molar-refractivity contribution in [1.82, 2.24) is 4.90 Å². The standard InChI is InChI=1S/C17H22FNO/c1-13-5-3-9-19(14(13)2)12-15-7-8-17(18)16(11-15)6-4-10-20/h7-8,11,13-14,20H,3,5,9-10,12H2,1-2H3. The second-order valence-electron chi connectivity index (χ2n) is 5.60. The summed E-state index contributed by atoms with van der Waals surface area (Å²) in [6.45, 7) is 6.24. The van der Waals surface area contributed by atoms with E-state index < -0.39 is 0 Å². The molecule has 1 aliphatic heterocycles. The van der Waals surface area contributed by atoms with Crippen LogP contribution in [0.25, 0.3) is 0 Å². The van der Waals surface area contributed by atoms with Crippen LogP contribution in [-0.2, 0) is 6.54 Å². The maximum Gasteiger partial charge on any atom is 0.138 e. The number of halogens is 1. The molecule has 1 saturated heterocycles. The maximum absolute atomic E-state index is 13.6. The van der Waals surface area contributed by atoms with Crippen LogP contribution in [0.3, 0.4) is 0 Å². The van der Waals surface area contributed by atoms with Crippen molar-refractivity contribution in [2.45, 2.75) is 39.3 Å². The van der Waals surface area contributed by atoms with E-state index in [-0.39, 0.29) is 12.4 Å². The summed E-state index contributed by atoms with van der Waals surface area (Å²) in [6, 6.07) is 5.64. The van der Waals surface area contributed by atoms with Crippen LogP contribution >= 0.6 is 0 Å². The molecule has 1 heterocycles. The molecule has 0 saturated carbocycles. The van der Waals surface area contributed by atoms with E-state index in [2.05, 4.69) is 30.6 Å². The average molecular weight is 275 g/mol. The van der Waals surface area contributed by atoms with Crippen molar-refractivity contribution < 1.29 is 9.50 Å². The van der Waals surface area contributed by atoms with Crippen LogP contribution in [0.4, 0.5) is 4.39 Å². The van der Waals surface area contributed by atoms with Gasteiger partial charge < -0.3 is 5.11 Å². The molecule has 20 heavy (non-hydrogen) atoms. The summed E-state index contributed by atoms with van der Waals surface area (Å²) < 4.78 is 13.6. The third-order valence-electron chi connectivity index (χ3n) is 4.22. The fourth-order valence-corrected chi connectivity index (χ4v) is 2.78. The third kappa shape index (κ3) is 3.59. The van der Waals surface area contributed by atoms with Gasteiger partial charge in [-0.2, -0.15) is 0 Å². The lowest BCUT2D eigenvalue weighted by atomic mass is 9.91. The summed E-state index contributed by atoms with van der Waals surface area (Å²) in [5, 5.41) is 8.71. The zero-order valence-corrected chi connectivity index (χ0v) is 12.2. The van der Waals surface area contributed by atoms with E-state index in [0.717, 1.165) is 18.7 Å². The van der Waals surface area contributed by atoms with Crippen LogP contribution in [0.1, 0.15) is 37.8 Å². The Bertz CT molecular complexity index is 517. The Balaban J connectivity index is 2.13. The normalized spacial score (nSPS) is 23.2. The van der Waals surface area contributed by atoms with Crippen molar-refractivity contribution in [3.05, 3.63) is 35.1 Å². The van der Waals surface area contributed by atoms with Gasteiger partial charge in [-0.15, -0.1) is 0 Å². The predicted octanol–water partition coefficient (Wildman–Crippen LogP) is 2.79. The quantitative estimate of drug-likeness (QED) is 0.839. The maximum atomic E-state index is 13.6. The third-order valence-corrected chi connectivity index (χ3v) is 4.22. The van der Waals surface area contributed by atoms with Gasteiger partial charge in [0, 0.05) is 12.6 Å². The lowest BCUT2D eigenvalue weighted by Crippen LogP contribution is -2.41. The zero-order chi connectivity index (χ0) is 14.5. The first-order valence-electron chi connectivity index (χ1n) is 7.24. The number of hydrogen-bond acceptors (Lipinski definition) is 2. The first-order valence-corrected chi connectivity index (χ1v) is 7.24. The Hall–Kier alpha value is -1.37. The smallest absolute Gasteiger partial charge is 0.138 e. The molecule has 2 nitrogen and oxygen atoms in total. The number of aliphatic hydroxyl groups is 1. The molecule has 0 spiro atoms. The van der Waals surface area contributed by atoms with Gasteiger partial charge in [0.15, 0.2) is 0 Å². The highest BCUT2D eigenvalue weighted by Crippen LogP contribution is 2.24. The number of benzene rings is 1. The Labute approximate surface area is 120 Å². The lowest BCUT2D eigenvalue weighted by Gasteiger charge is -2.38. The first-order chi connectivity index (χ1) is 9.61. The van der Waals surface area contributed by atoms with Gasteiger partial charge in [-0.25, -0.2) is 4.39 Å². The molecule has 1 aromatic carbocycles. The Morgan fingerprint density at radius 3 is 2.95 bits per heavy atom. The molecular weight excluding hydrogens is 253 g/mol. The number of aliphatic hydroxyl groups excluding tert-OH is 1. The highest BCUT2D eigenvalue weighted by atomic mass is 19.1. The molecule has 3 heteroatoms. The molecule has 1 N–H and O–H groups in total. The lowest BCUT2D eigenvalue weighted by molar-refractivity contribution is 0.106. The number of piperidine rings is 1. The van der Waals surface area contributed by atoms with Crippen LogP contribution < -0.4 is 0 Å². The Kier molecular flexibility index (Phi) is 5.17. The van der Waals surface area contributed by atoms with E-state index in [1.54, 1.807) is 6.07 Å². The second kappa shape index (κ2) is 6.88. The van der Waals surface area contributed by atoms with Gasteiger partial charge in [0.05, 0.1) is 5.56 Å². The van der Waals surface area contributed by atoms with Gasteiger partial charge in [-0.05, 0) is 49.9 Å². The van der Waals surface area contributed by atoms with Gasteiger partial charge in [0.2, 0.25) is 0 Å². The second-order valence-corrected chi connectivity index (χ2v) is 5.60. The molecule has 2 unspecified atom stereocenters. The van der Waals surface area contributed by atoms with Crippen LogP contribution in [0.5, 0.6) is 0 Å². The molecule has 2 rings (SSSR count). The van der Waals surface area contributed by atoms with Crippen molar-refractivity contribution >= 4 is 0 Å². The molecule has 0 amide bonds. The van der Waals surface area contributed by atoms with Gasteiger partial charge in [-0.3, -0.25) is 4.90 Å². The minimum absolute atomic E-state index is 0.246. The summed E-state index contributed by atoms with van der Waals surface area (Å²) in [6.07, 6.45) is 2.51. The van der Waals surface area contributed by atoms with Crippen LogP contribution in [0, 0.1) is 23.6 Å². The van der Waals surface area contributed by atoms with Crippen LogP contribution in [-0.4, -0.2) is 29.2 Å². The van der Waals surface area contributed by atoms with Crippen LogP contribution in [0.2, 0.25) is 0 Å². The molecular formula is C17H22FNO. The molecule has 2 atom stereocenters. The fourth-order valence-electron chi connectivity index (χ4n) is 2.78. The van der Waals surface area contributed by atoms with E-state index in [4.69, 9.17) is 5.11 Å².